The molecule has 0 unspecified atom stereocenters. The monoisotopic (exact) mass is 392 g/mol. The summed E-state index contributed by atoms with van der Waals surface area (Å²) in [5, 5.41) is 0. The number of hydrazine groups is 1. The van der Waals surface area contributed by atoms with Crippen LogP contribution in [-0.2, 0) is 16.4 Å². The van der Waals surface area contributed by atoms with Crippen molar-refractivity contribution >= 4 is 31.7 Å². The van der Waals surface area contributed by atoms with Gasteiger partial charge in [-0.15, -0.1) is 4.83 Å². The van der Waals surface area contributed by atoms with Gasteiger partial charge in [-0.2, -0.15) is 0 Å². The molecule has 0 radical (unpaired) electrons. The lowest BCUT2D eigenvalue weighted by molar-refractivity contribution is 0.575. The van der Waals surface area contributed by atoms with Crippen molar-refractivity contribution in [2.24, 2.45) is 0 Å². The van der Waals surface area contributed by atoms with Crippen molar-refractivity contribution < 1.29 is 8.42 Å². The lowest BCUT2D eigenvalue weighted by atomic mass is 9.95. The molecule has 0 bridgehead atoms. The Kier molecular flexibility index (Phi) is 4.57. The topological polar surface area (TPSA) is 58.2 Å². The molecule has 23 heavy (non-hydrogen) atoms. The minimum atomic E-state index is -3.60. The average molecular weight is 393 g/mol. The van der Waals surface area contributed by atoms with Crippen molar-refractivity contribution in [3.05, 3.63) is 69.7 Å². The van der Waals surface area contributed by atoms with Crippen LogP contribution in [0.25, 0.3) is 5.70 Å². The number of allylic oxidation sites excluding steroid dienone is 1. The van der Waals surface area contributed by atoms with Crippen molar-refractivity contribution in [2.45, 2.75) is 24.7 Å². The van der Waals surface area contributed by atoms with Crippen LogP contribution in [0.5, 0.6) is 0 Å². The minimum Gasteiger partial charge on any atom is -0.308 e. The molecular weight excluding hydrogens is 376 g/mol. The first kappa shape index (κ1) is 16.2. The van der Waals surface area contributed by atoms with Crippen LogP contribution in [0.3, 0.4) is 0 Å². The lowest BCUT2D eigenvalue weighted by Crippen LogP contribution is -2.36. The van der Waals surface area contributed by atoms with Gasteiger partial charge >= 0.3 is 0 Å². The maximum absolute atomic E-state index is 12.4. The molecule has 3 rings (SSSR count). The van der Waals surface area contributed by atoms with E-state index in [1.807, 2.05) is 31.2 Å². The van der Waals surface area contributed by atoms with Crippen LogP contribution < -0.4 is 10.3 Å². The maximum Gasteiger partial charge on any atom is 0.257 e. The fraction of sp³-hybridized carbons (Fsp3) is 0.176. The Morgan fingerprint density at radius 3 is 2.57 bits per heavy atom. The predicted molar refractivity (Wildman–Crippen MR) is 95.1 cm³/mol. The van der Waals surface area contributed by atoms with E-state index in [1.54, 1.807) is 24.3 Å². The molecule has 1 aliphatic carbocycles. The molecular formula is C17H17BrN2O2S. The van der Waals surface area contributed by atoms with E-state index < -0.39 is 10.0 Å². The Balaban J connectivity index is 1.80. The van der Waals surface area contributed by atoms with Crippen LogP contribution in [0.4, 0.5) is 0 Å². The van der Waals surface area contributed by atoms with E-state index in [0.29, 0.717) is 0 Å². The third kappa shape index (κ3) is 3.49. The van der Waals surface area contributed by atoms with Crippen LogP contribution >= 0.6 is 15.9 Å². The van der Waals surface area contributed by atoms with Gasteiger partial charge in [-0.1, -0.05) is 51.8 Å². The molecule has 0 heterocycles. The second kappa shape index (κ2) is 6.47. The van der Waals surface area contributed by atoms with Crippen LogP contribution in [0.2, 0.25) is 0 Å². The molecule has 0 aliphatic heterocycles. The number of aryl methyl sites for hydroxylation is 1. The molecule has 4 nitrogen and oxygen atoms in total. The summed E-state index contributed by atoms with van der Waals surface area (Å²) in [4.78, 5) is 2.70. The zero-order chi connectivity index (χ0) is 16.4. The smallest absolute Gasteiger partial charge is 0.257 e. The van der Waals surface area contributed by atoms with Gasteiger partial charge in [-0.25, -0.2) is 8.42 Å². The standard InChI is InChI=1S/C17H17BrN2O2S/c1-12-8-10-13(11-9-12)23(21,22)20-19-17-7-3-4-14-15(17)5-2-6-16(14)18/h2,5-11,19-20H,3-4H2,1H3. The summed E-state index contributed by atoms with van der Waals surface area (Å²) in [7, 11) is -3.60. The summed E-state index contributed by atoms with van der Waals surface area (Å²) in [5.74, 6) is 0. The third-order valence-electron chi connectivity index (χ3n) is 3.80. The van der Waals surface area contributed by atoms with Crippen LogP contribution in [0, 0.1) is 6.92 Å². The van der Waals surface area contributed by atoms with Crippen molar-refractivity contribution in [1.29, 1.82) is 0 Å². The number of sulfonamides is 1. The SMILES string of the molecule is Cc1ccc(S(=O)(=O)NNC2=CCCc3c(Br)cccc32)cc1. The normalized spacial score (nSPS) is 14.1. The van der Waals surface area contributed by atoms with Crippen molar-refractivity contribution in [1.82, 2.24) is 10.3 Å². The summed E-state index contributed by atoms with van der Waals surface area (Å²) in [5.41, 5.74) is 6.86. The maximum atomic E-state index is 12.4. The van der Waals surface area contributed by atoms with E-state index in [-0.39, 0.29) is 4.90 Å². The van der Waals surface area contributed by atoms with Gasteiger partial charge < -0.3 is 5.43 Å². The summed E-state index contributed by atoms with van der Waals surface area (Å²) in [6.07, 6.45) is 3.81. The molecule has 0 aromatic heterocycles. The first-order valence-corrected chi connectivity index (χ1v) is 9.57. The molecule has 0 saturated carbocycles. The van der Waals surface area contributed by atoms with Gasteiger partial charge in [0.05, 0.1) is 10.6 Å². The number of benzene rings is 2. The Morgan fingerprint density at radius 1 is 1.09 bits per heavy atom. The van der Waals surface area contributed by atoms with Crippen LogP contribution in [0.1, 0.15) is 23.1 Å². The quantitative estimate of drug-likeness (QED) is 0.782. The first-order chi connectivity index (χ1) is 11.0. The highest BCUT2D eigenvalue weighted by molar-refractivity contribution is 9.10. The summed E-state index contributed by atoms with van der Waals surface area (Å²) >= 11 is 3.55. The van der Waals surface area contributed by atoms with Crippen LogP contribution in [-0.4, -0.2) is 8.42 Å². The zero-order valence-electron chi connectivity index (χ0n) is 12.6. The van der Waals surface area contributed by atoms with E-state index in [2.05, 4.69) is 26.2 Å². The van der Waals surface area contributed by atoms with Gasteiger partial charge in [0.25, 0.3) is 10.0 Å². The highest BCUT2D eigenvalue weighted by Gasteiger charge is 2.18. The molecule has 0 fully saturated rings. The van der Waals surface area contributed by atoms with Gasteiger partial charge in [0.1, 0.15) is 0 Å². The largest absolute Gasteiger partial charge is 0.308 e. The number of fused-ring (bicyclic) bond motifs is 1. The fourth-order valence-corrected chi connectivity index (χ4v) is 3.97. The summed E-state index contributed by atoms with van der Waals surface area (Å²) in [6.45, 7) is 1.92. The molecule has 1 aliphatic rings. The van der Waals surface area contributed by atoms with E-state index in [4.69, 9.17) is 0 Å². The minimum absolute atomic E-state index is 0.237. The average Bonchev–Trinajstić information content (AvgIpc) is 2.54. The molecule has 6 heteroatoms. The Labute approximate surface area is 144 Å². The van der Waals surface area contributed by atoms with E-state index in [0.717, 1.165) is 34.1 Å². The Hall–Kier alpha value is -1.63. The van der Waals surface area contributed by atoms with E-state index >= 15 is 0 Å². The van der Waals surface area contributed by atoms with Crippen molar-refractivity contribution in [2.75, 3.05) is 0 Å². The van der Waals surface area contributed by atoms with Gasteiger partial charge in [0, 0.05) is 10.0 Å². The predicted octanol–water partition coefficient (Wildman–Crippen LogP) is 3.53. The summed E-state index contributed by atoms with van der Waals surface area (Å²) in [6, 6.07) is 12.7. The number of hydrogen-bond acceptors (Lipinski definition) is 3. The molecule has 2 aromatic rings. The number of rotatable bonds is 4. The second-order valence-corrected chi connectivity index (χ2v) is 8.00. The highest BCUT2D eigenvalue weighted by Crippen LogP contribution is 2.30. The Morgan fingerprint density at radius 2 is 1.83 bits per heavy atom. The molecule has 0 spiro atoms. The third-order valence-corrected chi connectivity index (χ3v) is 5.81. The summed E-state index contributed by atoms with van der Waals surface area (Å²) < 4.78 is 25.8. The molecule has 2 aromatic carbocycles. The Bertz CT molecular complexity index is 859. The van der Waals surface area contributed by atoms with E-state index in [1.165, 1.54) is 5.56 Å². The van der Waals surface area contributed by atoms with Crippen molar-refractivity contribution in [3.8, 4) is 0 Å². The van der Waals surface area contributed by atoms with Gasteiger partial charge in [-0.3, -0.25) is 0 Å². The fourth-order valence-electron chi connectivity index (χ4n) is 2.55. The zero-order valence-corrected chi connectivity index (χ0v) is 15.0. The van der Waals surface area contributed by atoms with Gasteiger partial charge in [-0.05, 0) is 43.5 Å². The molecule has 0 atom stereocenters. The molecule has 0 saturated heterocycles. The highest BCUT2D eigenvalue weighted by atomic mass is 79.9. The number of hydrogen-bond donors (Lipinski definition) is 2. The molecule has 0 amide bonds. The lowest BCUT2D eigenvalue weighted by Gasteiger charge is -2.20. The molecule has 2 N–H and O–H groups in total. The first-order valence-electron chi connectivity index (χ1n) is 7.30. The van der Waals surface area contributed by atoms with Crippen LogP contribution in [0.15, 0.2) is 57.9 Å². The second-order valence-electron chi connectivity index (χ2n) is 5.47. The van der Waals surface area contributed by atoms with Gasteiger partial charge in [0.2, 0.25) is 0 Å². The number of nitrogens with one attached hydrogen (secondary N) is 2. The molecule has 120 valence electrons. The van der Waals surface area contributed by atoms with E-state index in [9.17, 15) is 8.42 Å². The van der Waals surface area contributed by atoms with Gasteiger partial charge in [0.15, 0.2) is 0 Å². The number of halogens is 1. The van der Waals surface area contributed by atoms with Crippen molar-refractivity contribution in [3.63, 3.8) is 0 Å².